The number of nitrogens with one attached hydrogen (secondary N) is 1. The number of para-hydroxylation sites is 2. The molecule has 5 fully saturated rings. The van der Waals surface area contributed by atoms with Gasteiger partial charge in [0.2, 0.25) is 5.95 Å². The smallest absolute Gasteiger partial charge is 0.206 e. The van der Waals surface area contributed by atoms with Gasteiger partial charge in [-0.1, -0.05) is 57.1 Å². The molecule has 2 saturated carbocycles. The van der Waals surface area contributed by atoms with E-state index in [-0.39, 0.29) is 0 Å². The number of piperidine rings is 2. The van der Waals surface area contributed by atoms with Crippen LogP contribution in [0.4, 0.5) is 5.95 Å². The van der Waals surface area contributed by atoms with Crippen LogP contribution in [0.25, 0.3) is 11.0 Å². The normalized spacial score (nSPS) is 31.7. The van der Waals surface area contributed by atoms with Crippen molar-refractivity contribution in [1.82, 2.24) is 14.9 Å². The fraction of sp³-hybridized carbons (Fsp3) is 0.733. The molecule has 192 valence electrons. The zero-order chi connectivity index (χ0) is 24.0. The lowest BCUT2D eigenvalue weighted by atomic mass is 9.72. The molecule has 2 aliphatic carbocycles. The number of anilines is 1. The second-order valence-corrected chi connectivity index (χ2v) is 11.6. The number of hydrogen-bond donors (Lipinski definition) is 1. The van der Waals surface area contributed by atoms with Gasteiger partial charge in [0.1, 0.15) is 6.29 Å². The number of benzene rings is 1. The van der Waals surface area contributed by atoms with Gasteiger partial charge in [0.25, 0.3) is 0 Å². The van der Waals surface area contributed by atoms with Gasteiger partial charge in [0, 0.05) is 31.2 Å². The number of fused-ring (bicyclic) bond motifs is 5. The van der Waals surface area contributed by atoms with Crippen LogP contribution in [-0.4, -0.2) is 41.0 Å². The van der Waals surface area contributed by atoms with E-state index in [0.717, 1.165) is 23.6 Å². The van der Waals surface area contributed by atoms with Gasteiger partial charge in [0.15, 0.2) is 0 Å². The summed E-state index contributed by atoms with van der Waals surface area (Å²) in [6.07, 6.45) is 20.8. The van der Waals surface area contributed by atoms with Crippen LogP contribution >= 0.6 is 0 Å². The average Bonchev–Trinajstić information content (AvgIpc) is 3.53. The fourth-order valence-electron chi connectivity index (χ4n) is 7.60. The number of aromatic nitrogens is 2. The van der Waals surface area contributed by atoms with Crippen LogP contribution in [0.2, 0.25) is 0 Å². The Labute approximate surface area is 212 Å². The first-order chi connectivity index (χ1) is 17.2. The zero-order valence-electron chi connectivity index (χ0n) is 21.8. The minimum Gasteiger partial charge on any atom is -0.342 e. The molecule has 3 aliphatic heterocycles. The van der Waals surface area contributed by atoms with Gasteiger partial charge in [-0.05, 0) is 75.8 Å². The maximum absolute atomic E-state index is 8.81. The van der Waals surface area contributed by atoms with E-state index in [2.05, 4.69) is 39.0 Å². The SMILES string of the molecule is C1CC2CCCC(C1)C2.CC=O.c1ccc2c(c1)nc(N1CCCC1)n2C1CC2CCCC(C1)N2. The number of imidazole rings is 1. The highest BCUT2D eigenvalue weighted by atomic mass is 16.1. The van der Waals surface area contributed by atoms with Crippen LogP contribution in [0, 0.1) is 11.8 Å². The molecule has 0 amide bonds. The van der Waals surface area contributed by atoms with E-state index in [1.807, 2.05) is 0 Å². The second kappa shape index (κ2) is 11.9. The molecule has 7 rings (SSSR count). The van der Waals surface area contributed by atoms with Crippen molar-refractivity contribution in [3.05, 3.63) is 24.3 Å². The van der Waals surface area contributed by atoms with Crippen molar-refractivity contribution < 1.29 is 4.79 Å². The Hall–Kier alpha value is -1.88. The summed E-state index contributed by atoms with van der Waals surface area (Å²) in [5, 5.41) is 3.83. The largest absolute Gasteiger partial charge is 0.342 e. The standard InChI is InChI=1S/C19H26N4.C9H16.C2H4O/c1-2-9-18-17(8-1)21-19(22-10-3-4-11-22)23(18)16-12-14-6-5-7-15(13-16)20-14;1-3-8-5-2-6-9(4-1)7-8;1-2-3/h1-2,8-9,14-16,20H,3-7,10-13H2;8-9H,1-7H2;2H,1H3. The summed E-state index contributed by atoms with van der Waals surface area (Å²) in [5.41, 5.74) is 2.50. The van der Waals surface area contributed by atoms with Crippen LogP contribution in [0.3, 0.4) is 0 Å². The van der Waals surface area contributed by atoms with Crippen LogP contribution in [0.15, 0.2) is 24.3 Å². The van der Waals surface area contributed by atoms with Gasteiger partial charge in [-0.2, -0.15) is 0 Å². The lowest BCUT2D eigenvalue weighted by Gasteiger charge is -2.41. The molecule has 0 radical (unpaired) electrons. The third-order valence-electron chi connectivity index (χ3n) is 9.14. The molecule has 1 aromatic carbocycles. The Morgan fingerprint density at radius 3 is 2.00 bits per heavy atom. The molecule has 4 bridgehead atoms. The highest BCUT2D eigenvalue weighted by Gasteiger charge is 2.34. The summed E-state index contributed by atoms with van der Waals surface area (Å²) >= 11 is 0. The van der Waals surface area contributed by atoms with Gasteiger partial charge in [-0.3, -0.25) is 0 Å². The van der Waals surface area contributed by atoms with Gasteiger partial charge in [-0.15, -0.1) is 0 Å². The molecular formula is C30H46N4O. The first kappa shape index (κ1) is 24.8. The van der Waals surface area contributed by atoms with E-state index in [4.69, 9.17) is 9.78 Å². The number of carbonyl (C=O) groups excluding carboxylic acids is 1. The summed E-state index contributed by atoms with van der Waals surface area (Å²) < 4.78 is 2.59. The van der Waals surface area contributed by atoms with Gasteiger partial charge >= 0.3 is 0 Å². The fourth-order valence-corrected chi connectivity index (χ4v) is 7.60. The molecular weight excluding hydrogens is 432 g/mol. The van der Waals surface area contributed by atoms with Crippen LogP contribution in [0.5, 0.6) is 0 Å². The number of aldehydes is 1. The van der Waals surface area contributed by atoms with Crippen molar-refractivity contribution in [2.24, 2.45) is 11.8 Å². The third-order valence-corrected chi connectivity index (χ3v) is 9.14. The molecule has 4 heterocycles. The molecule has 5 nitrogen and oxygen atoms in total. The Balaban J connectivity index is 0.000000175. The number of rotatable bonds is 2. The van der Waals surface area contributed by atoms with Crippen LogP contribution in [0.1, 0.15) is 103 Å². The zero-order valence-corrected chi connectivity index (χ0v) is 21.8. The molecule has 1 N–H and O–H groups in total. The highest BCUT2D eigenvalue weighted by molar-refractivity contribution is 5.79. The minimum atomic E-state index is 0.606. The molecule has 2 atom stereocenters. The summed E-state index contributed by atoms with van der Waals surface area (Å²) in [5.74, 6) is 3.53. The van der Waals surface area contributed by atoms with Crippen LogP contribution in [-0.2, 0) is 4.79 Å². The molecule has 3 saturated heterocycles. The van der Waals surface area contributed by atoms with Crippen molar-refractivity contribution in [3.8, 4) is 0 Å². The Kier molecular flexibility index (Phi) is 8.43. The van der Waals surface area contributed by atoms with E-state index < -0.39 is 0 Å². The van der Waals surface area contributed by atoms with E-state index in [0.29, 0.717) is 18.1 Å². The Bertz CT molecular complexity index is 917. The van der Waals surface area contributed by atoms with Crippen LogP contribution < -0.4 is 10.2 Å². The Morgan fingerprint density at radius 1 is 0.829 bits per heavy atom. The summed E-state index contributed by atoms with van der Waals surface area (Å²) in [6.45, 7) is 3.78. The molecule has 5 heteroatoms. The maximum Gasteiger partial charge on any atom is 0.206 e. The quantitative estimate of drug-likeness (QED) is 0.490. The molecule has 5 aliphatic rings. The predicted molar refractivity (Wildman–Crippen MR) is 145 cm³/mol. The van der Waals surface area contributed by atoms with Crippen molar-refractivity contribution in [2.45, 2.75) is 115 Å². The van der Waals surface area contributed by atoms with Crippen molar-refractivity contribution >= 4 is 23.3 Å². The van der Waals surface area contributed by atoms with E-state index in [1.54, 1.807) is 32.1 Å². The maximum atomic E-state index is 8.81. The third kappa shape index (κ3) is 5.93. The molecule has 2 aromatic rings. The lowest BCUT2D eigenvalue weighted by molar-refractivity contribution is -0.106. The molecule has 1 aromatic heterocycles. The van der Waals surface area contributed by atoms with Crippen molar-refractivity contribution in [2.75, 3.05) is 18.0 Å². The van der Waals surface area contributed by atoms with Gasteiger partial charge in [0.05, 0.1) is 11.0 Å². The Morgan fingerprint density at radius 2 is 1.40 bits per heavy atom. The van der Waals surface area contributed by atoms with Crippen molar-refractivity contribution in [3.63, 3.8) is 0 Å². The summed E-state index contributed by atoms with van der Waals surface area (Å²) in [7, 11) is 0. The van der Waals surface area contributed by atoms with E-state index in [1.165, 1.54) is 89.3 Å². The number of carbonyl (C=O) groups is 1. The highest BCUT2D eigenvalue weighted by Crippen LogP contribution is 2.40. The van der Waals surface area contributed by atoms with Gasteiger partial charge in [-0.25, -0.2) is 4.98 Å². The number of hydrogen-bond acceptors (Lipinski definition) is 4. The first-order valence-electron chi connectivity index (χ1n) is 14.6. The van der Waals surface area contributed by atoms with E-state index >= 15 is 0 Å². The average molecular weight is 479 g/mol. The summed E-state index contributed by atoms with van der Waals surface area (Å²) in [4.78, 5) is 16.3. The second-order valence-electron chi connectivity index (χ2n) is 11.6. The topological polar surface area (TPSA) is 50.2 Å². The monoisotopic (exact) mass is 478 g/mol. The molecule has 35 heavy (non-hydrogen) atoms. The van der Waals surface area contributed by atoms with Crippen molar-refractivity contribution in [1.29, 1.82) is 0 Å². The number of nitrogens with zero attached hydrogens (tertiary/aromatic N) is 3. The molecule has 0 spiro atoms. The van der Waals surface area contributed by atoms with E-state index in [9.17, 15) is 0 Å². The molecule has 2 unspecified atom stereocenters. The lowest BCUT2D eigenvalue weighted by Crippen LogP contribution is -2.49. The predicted octanol–water partition coefficient (Wildman–Crippen LogP) is 6.66. The summed E-state index contributed by atoms with van der Waals surface area (Å²) in [6, 6.07) is 10.7. The minimum absolute atomic E-state index is 0.606. The first-order valence-corrected chi connectivity index (χ1v) is 14.6. The van der Waals surface area contributed by atoms with Gasteiger partial charge < -0.3 is 19.6 Å².